The van der Waals surface area contributed by atoms with Gasteiger partial charge < -0.3 is 25.1 Å². The summed E-state index contributed by atoms with van der Waals surface area (Å²) in [4.78, 5) is 0. The molecule has 5 heteroatoms. The summed E-state index contributed by atoms with van der Waals surface area (Å²) in [5.41, 5.74) is 5.98. The summed E-state index contributed by atoms with van der Waals surface area (Å²) in [6.45, 7) is 6.15. The molecule has 1 heterocycles. The fraction of sp³-hybridized carbons (Fsp3) is 0.571. The molecular formula is C14H21NO4. The summed E-state index contributed by atoms with van der Waals surface area (Å²) in [6, 6.07) is 5.05. The molecule has 1 aromatic carbocycles. The minimum atomic E-state index is -0.458. The highest BCUT2D eigenvalue weighted by atomic mass is 16.7. The Labute approximate surface area is 113 Å². The van der Waals surface area contributed by atoms with Crippen molar-refractivity contribution in [2.45, 2.75) is 32.9 Å². The van der Waals surface area contributed by atoms with Crippen molar-refractivity contribution < 1.29 is 19.3 Å². The Morgan fingerprint density at radius 1 is 1.32 bits per heavy atom. The van der Waals surface area contributed by atoms with Crippen molar-refractivity contribution in [2.75, 3.05) is 13.4 Å². The lowest BCUT2D eigenvalue weighted by atomic mass is 9.84. The number of rotatable bonds is 4. The molecule has 3 N–H and O–H groups in total. The molecule has 1 aliphatic rings. The van der Waals surface area contributed by atoms with Gasteiger partial charge in [-0.15, -0.1) is 0 Å². The number of ether oxygens (including phenoxy) is 3. The van der Waals surface area contributed by atoms with Crippen LogP contribution in [0.1, 0.15) is 20.8 Å². The van der Waals surface area contributed by atoms with E-state index in [2.05, 4.69) is 0 Å². The first-order chi connectivity index (χ1) is 8.91. The largest absolute Gasteiger partial charge is 0.486 e. The molecule has 2 unspecified atom stereocenters. The zero-order chi connectivity index (χ0) is 14.0. The molecule has 0 amide bonds. The second kappa shape index (κ2) is 5.27. The molecule has 1 aromatic rings. The predicted octanol–water partition coefficient (Wildman–Crippen LogP) is 1.53. The highest BCUT2D eigenvalue weighted by Gasteiger charge is 2.30. The number of hydrogen-bond donors (Lipinski definition) is 2. The third kappa shape index (κ3) is 3.11. The summed E-state index contributed by atoms with van der Waals surface area (Å²) >= 11 is 0. The standard InChI is InChI=1S/C14H21NO4/c1-14(2,3)13(15)12(7-16)19-9-4-5-10-11(6-9)18-8-17-10/h4-6,12-13,16H,7-8,15H2,1-3H3. The second-order valence-electron chi connectivity index (χ2n) is 5.75. The minimum Gasteiger partial charge on any atom is -0.486 e. The summed E-state index contributed by atoms with van der Waals surface area (Å²) in [5, 5.41) is 9.45. The van der Waals surface area contributed by atoms with Gasteiger partial charge in [0.05, 0.1) is 6.61 Å². The Balaban J connectivity index is 2.10. The van der Waals surface area contributed by atoms with Gasteiger partial charge in [-0.3, -0.25) is 0 Å². The third-order valence-corrected chi connectivity index (χ3v) is 3.21. The van der Waals surface area contributed by atoms with E-state index in [-0.39, 0.29) is 24.9 Å². The molecule has 19 heavy (non-hydrogen) atoms. The van der Waals surface area contributed by atoms with E-state index in [4.69, 9.17) is 19.9 Å². The van der Waals surface area contributed by atoms with Gasteiger partial charge in [-0.05, 0) is 17.5 Å². The SMILES string of the molecule is CC(C)(C)C(N)C(CO)Oc1ccc2c(c1)OCO2. The van der Waals surface area contributed by atoms with Gasteiger partial charge in [0, 0.05) is 12.1 Å². The molecule has 0 radical (unpaired) electrons. The van der Waals surface area contributed by atoms with Crippen molar-refractivity contribution in [2.24, 2.45) is 11.1 Å². The Bertz CT molecular complexity index is 442. The van der Waals surface area contributed by atoms with Gasteiger partial charge in [0.1, 0.15) is 11.9 Å². The zero-order valence-electron chi connectivity index (χ0n) is 11.6. The molecule has 0 aromatic heterocycles. The maximum Gasteiger partial charge on any atom is 0.231 e. The number of aliphatic hydroxyl groups excluding tert-OH is 1. The van der Waals surface area contributed by atoms with E-state index in [1.807, 2.05) is 20.8 Å². The van der Waals surface area contributed by atoms with Crippen LogP contribution in [0, 0.1) is 5.41 Å². The topological polar surface area (TPSA) is 73.9 Å². The molecule has 0 fully saturated rings. The first-order valence-electron chi connectivity index (χ1n) is 6.34. The summed E-state index contributed by atoms with van der Waals surface area (Å²) in [6.07, 6.45) is -0.458. The fourth-order valence-corrected chi connectivity index (χ4v) is 1.91. The van der Waals surface area contributed by atoms with Crippen molar-refractivity contribution >= 4 is 0 Å². The molecule has 2 atom stereocenters. The van der Waals surface area contributed by atoms with Gasteiger partial charge in [0.25, 0.3) is 0 Å². The molecule has 0 spiro atoms. The van der Waals surface area contributed by atoms with Crippen LogP contribution < -0.4 is 19.9 Å². The van der Waals surface area contributed by atoms with Crippen LogP contribution in [-0.2, 0) is 0 Å². The summed E-state index contributed by atoms with van der Waals surface area (Å²) < 4.78 is 16.3. The monoisotopic (exact) mass is 267 g/mol. The summed E-state index contributed by atoms with van der Waals surface area (Å²) in [7, 11) is 0. The smallest absolute Gasteiger partial charge is 0.231 e. The zero-order valence-corrected chi connectivity index (χ0v) is 11.6. The molecule has 2 rings (SSSR count). The second-order valence-corrected chi connectivity index (χ2v) is 5.75. The van der Waals surface area contributed by atoms with Gasteiger partial charge in [-0.2, -0.15) is 0 Å². The number of benzene rings is 1. The number of fused-ring (bicyclic) bond motifs is 1. The number of nitrogens with two attached hydrogens (primary N) is 1. The lowest BCUT2D eigenvalue weighted by molar-refractivity contribution is 0.0590. The van der Waals surface area contributed by atoms with Crippen LogP contribution in [0.3, 0.4) is 0 Å². The average molecular weight is 267 g/mol. The third-order valence-electron chi connectivity index (χ3n) is 3.21. The van der Waals surface area contributed by atoms with E-state index in [1.54, 1.807) is 18.2 Å². The molecule has 0 aliphatic carbocycles. The van der Waals surface area contributed by atoms with Crippen molar-refractivity contribution in [1.29, 1.82) is 0 Å². The fourth-order valence-electron chi connectivity index (χ4n) is 1.91. The van der Waals surface area contributed by atoms with E-state index < -0.39 is 6.10 Å². The first kappa shape index (κ1) is 14.0. The highest BCUT2D eigenvalue weighted by Crippen LogP contribution is 2.35. The van der Waals surface area contributed by atoms with Crippen LogP contribution in [-0.4, -0.2) is 30.7 Å². The number of hydrogen-bond acceptors (Lipinski definition) is 5. The molecule has 0 saturated heterocycles. The Kier molecular flexibility index (Phi) is 3.87. The Morgan fingerprint density at radius 2 is 2.00 bits per heavy atom. The van der Waals surface area contributed by atoms with Gasteiger partial charge in [-0.1, -0.05) is 20.8 Å². The van der Waals surface area contributed by atoms with E-state index in [1.165, 1.54) is 0 Å². The first-order valence-corrected chi connectivity index (χ1v) is 6.34. The molecule has 0 saturated carbocycles. The molecule has 1 aliphatic heterocycles. The average Bonchev–Trinajstić information content (AvgIpc) is 2.81. The van der Waals surface area contributed by atoms with Crippen molar-refractivity contribution in [3.63, 3.8) is 0 Å². The predicted molar refractivity (Wildman–Crippen MR) is 71.5 cm³/mol. The van der Waals surface area contributed by atoms with Crippen LogP contribution in [0.5, 0.6) is 17.2 Å². The van der Waals surface area contributed by atoms with E-state index in [0.29, 0.717) is 17.2 Å². The molecule has 0 bridgehead atoms. The van der Waals surface area contributed by atoms with Gasteiger partial charge in [-0.25, -0.2) is 0 Å². The van der Waals surface area contributed by atoms with E-state index in [9.17, 15) is 5.11 Å². The Hall–Kier alpha value is -1.46. The minimum absolute atomic E-state index is 0.132. The van der Waals surface area contributed by atoms with Crippen LogP contribution in [0.25, 0.3) is 0 Å². The molecule has 106 valence electrons. The normalized spacial score (nSPS) is 17.1. The van der Waals surface area contributed by atoms with Crippen LogP contribution in [0.4, 0.5) is 0 Å². The quantitative estimate of drug-likeness (QED) is 0.865. The maximum absolute atomic E-state index is 9.45. The van der Waals surface area contributed by atoms with E-state index in [0.717, 1.165) is 0 Å². The van der Waals surface area contributed by atoms with Crippen molar-refractivity contribution in [3.8, 4) is 17.2 Å². The van der Waals surface area contributed by atoms with Crippen LogP contribution in [0.15, 0.2) is 18.2 Å². The van der Waals surface area contributed by atoms with Gasteiger partial charge in [0.2, 0.25) is 6.79 Å². The lowest BCUT2D eigenvalue weighted by Crippen LogP contribution is -2.49. The van der Waals surface area contributed by atoms with Gasteiger partial charge >= 0.3 is 0 Å². The maximum atomic E-state index is 9.45. The molecular weight excluding hydrogens is 246 g/mol. The van der Waals surface area contributed by atoms with Crippen LogP contribution in [0.2, 0.25) is 0 Å². The van der Waals surface area contributed by atoms with Crippen LogP contribution >= 0.6 is 0 Å². The van der Waals surface area contributed by atoms with Crippen molar-refractivity contribution in [1.82, 2.24) is 0 Å². The number of aliphatic hydroxyl groups is 1. The Morgan fingerprint density at radius 3 is 2.63 bits per heavy atom. The summed E-state index contributed by atoms with van der Waals surface area (Å²) in [5.74, 6) is 1.97. The highest BCUT2D eigenvalue weighted by molar-refractivity contribution is 5.46. The van der Waals surface area contributed by atoms with Crippen molar-refractivity contribution in [3.05, 3.63) is 18.2 Å². The molecule has 5 nitrogen and oxygen atoms in total. The van der Waals surface area contributed by atoms with E-state index >= 15 is 0 Å². The lowest BCUT2D eigenvalue weighted by Gasteiger charge is -2.33. The van der Waals surface area contributed by atoms with Gasteiger partial charge in [0.15, 0.2) is 11.5 Å².